The predicted octanol–water partition coefficient (Wildman–Crippen LogP) is 4.03. The number of hydrogen-bond acceptors (Lipinski definition) is 6. The number of rotatable bonds is 4. The molecule has 3 N–H and O–H groups in total. The third-order valence-electron chi connectivity index (χ3n) is 8.43. The number of amides is 1. The van der Waals surface area contributed by atoms with Crippen LogP contribution >= 0.6 is 0 Å². The molecule has 0 radical (unpaired) electrons. The van der Waals surface area contributed by atoms with E-state index in [1.165, 1.54) is 0 Å². The van der Waals surface area contributed by atoms with Crippen molar-refractivity contribution in [1.82, 2.24) is 29.8 Å². The number of nitrogens with two attached hydrogens (primary N) is 1. The molecule has 1 amide bonds. The van der Waals surface area contributed by atoms with E-state index >= 15 is 0 Å². The van der Waals surface area contributed by atoms with Crippen molar-refractivity contribution < 1.29 is 4.79 Å². The average molecular weight is 494 g/mol. The average Bonchev–Trinajstić information content (AvgIpc) is 3.68. The first kappa shape index (κ1) is 22.4. The highest BCUT2D eigenvalue weighted by Crippen LogP contribution is 2.44. The molecule has 6 heterocycles. The lowest BCUT2D eigenvalue weighted by atomic mass is 9.87. The Labute approximate surface area is 215 Å². The van der Waals surface area contributed by atoms with Gasteiger partial charge in [-0.3, -0.25) is 9.78 Å². The van der Waals surface area contributed by atoms with E-state index in [4.69, 9.17) is 15.7 Å². The summed E-state index contributed by atoms with van der Waals surface area (Å²) >= 11 is 0. The lowest BCUT2D eigenvalue weighted by molar-refractivity contribution is -0.137. The van der Waals surface area contributed by atoms with E-state index < -0.39 is 0 Å². The number of carbonyl (C=O) groups excluding carboxylic acids is 1. The van der Waals surface area contributed by atoms with Gasteiger partial charge < -0.3 is 16.0 Å². The van der Waals surface area contributed by atoms with Gasteiger partial charge in [0.2, 0.25) is 5.91 Å². The van der Waals surface area contributed by atoms with Crippen molar-refractivity contribution in [3.05, 3.63) is 66.6 Å². The summed E-state index contributed by atoms with van der Waals surface area (Å²) in [6.45, 7) is 0.948. The summed E-state index contributed by atoms with van der Waals surface area (Å²) in [4.78, 5) is 25.2. The van der Waals surface area contributed by atoms with Gasteiger partial charge in [0.15, 0.2) is 5.65 Å². The molecular formula is C29H31N7O. The molecule has 3 aromatic heterocycles. The molecule has 2 bridgehead atoms. The maximum Gasteiger partial charge on any atom is 0.240 e. The summed E-state index contributed by atoms with van der Waals surface area (Å²) < 4.78 is 1.71. The second-order valence-electron chi connectivity index (χ2n) is 10.6. The minimum Gasteiger partial charge on any atom is -0.384 e. The van der Waals surface area contributed by atoms with Crippen LogP contribution in [0.3, 0.4) is 0 Å². The Morgan fingerprint density at radius 1 is 0.973 bits per heavy atom. The predicted molar refractivity (Wildman–Crippen MR) is 143 cm³/mol. The SMILES string of the molecule is Nc1cc([C@@H]2C[C@H]3CC[C@@H](C2)N3C(=O)[C@@H]2CCCN2)nc2c(-c3ccc(-c4ccccc4)nc3)cnn12. The Balaban J connectivity index is 1.17. The van der Waals surface area contributed by atoms with E-state index in [0.717, 1.165) is 78.8 Å². The third kappa shape index (κ3) is 3.87. The maximum atomic E-state index is 13.2. The minimum absolute atomic E-state index is 0.000935. The zero-order chi connectivity index (χ0) is 24.9. The quantitative estimate of drug-likeness (QED) is 0.445. The fourth-order valence-corrected chi connectivity index (χ4v) is 6.61. The van der Waals surface area contributed by atoms with E-state index in [-0.39, 0.29) is 24.0 Å². The van der Waals surface area contributed by atoms with E-state index in [9.17, 15) is 4.79 Å². The van der Waals surface area contributed by atoms with Gasteiger partial charge in [0.25, 0.3) is 0 Å². The fraction of sp³-hybridized carbons (Fsp3) is 0.379. The smallest absolute Gasteiger partial charge is 0.240 e. The van der Waals surface area contributed by atoms with Crippen molar-refractivity contribution in [2.45, 2.75) is 62.6 Å². The molecule has 37 heavy (non-hydrogen) atoms. The van der Waals surface area contributed by atoms with Gasteiger partial charge in [-0.15, -0.1) is 0 Å². The van der Waals surface area contributed by atoms with Crippen molar-refractivity contribution >= 4 is 17.4 Å². The van der Waals surface area contributed by atoms with Crippen molar-refractivity contribution in [3.8, 4) is 22.4 Å². The van der Waals surface area contributed by atoms with Crippen LogP contribution in [-0.4, -0.2) is 55.1 Å². The molecule has 3 aliphatic rings. The highest BCUT2D eigenvalue weighted by Gasteiger charge is 2.45. The number of aromatic nitrogens is 4. The molecule has 3 saturated heterocycles. The zero-order valence-corrected chi connectivity index (χ0v) is 20.8. The van der Waals surface area contributed by atoms with Crippen LogP contribution in [0.1, 0.15) is 50.1 Å². The van der Waals surface area contributed by atoms with Gasteiger partial charge >= 0.3 is 0 Å². The number of anilines is 1. The van der Waals surface area contributed by atoms with Gasteiger partial charge in [0.1, 0.15) is 5.82 Å². The summed E-state index contributed by atoms with van der Waals surface area (Å²) in [7, 11) is 0. The monoisotopic (exact) mass is 493 g/mol. The Morgan fingerprint density at radius 3 is 2.49 bits per heavy atom. The molecule has 3 fully saturated rings. The summed E-state index contributed by atoms with van der Waals surface area (Å²) in [5.74, 6) is 1.17. The first-order valence-electron chi connectivity index (χ1n) is 13.4. The van der Waals surface area contributed by atoms with Gasteiger partial charge in [-0.25, -0.2) is 4.98 Å². The molecule has 0 unspecified atom stereocenters. The Hall–Kier alpha value is -3.78. The molecule has 0 aliphatic carbocycles. The summed E-state index contributed by atoms with van der Waals surface area (Å²) in [5, 5.41) is 7.91. The number of fused-ring (bicyclic) bond motifs is 3. The molecule has 0 spiro atoms. The lowest BCUT2D eigenvalue weighted by Gasteiger charge is -2.40. The van der Waals surface area contributed by atoms with Crippen molar-refractivity contribution in [1.29, 1.82) is 0 Å². The molecule has 4 aromatic rings. The summed E-state index contributed by atoms with van der Waals surface area (Å²) in [5.41, 5.74) is 12.1. The number of pyridine rings is 1. The van der Waals surface area contributed by atoms with Gasteiger partial charge in [-0.1, -0.05) is 36.4 Å². The van der Waals surface area contributed by atoms with E-state index in [1.54, 1.807) is 4.52 Å². The fourth-order valence-electron chi connectivity index (χ4n) is 6.61. The Morgan fingerprint density at radius 2 is 1.78 bits per heavy atom. The van der Waals surface area contributed by atoms with Crippen LogP contribution in [0.5, 0.6) is 0 Å². The van der Waals surface area contributed by atoms with Crippen LogP contribution in [0, 0.1) is 0 Å². The molecule has 7 rings (SSSR count). The van der Waals surface area contributed by atoms with E-state index in [1.807, 2.05) is 42.7 Å². The number of nitrogens with one attached hydrogen (secondary N) is 1. The number of nitrogen functional groups attached to an aromatic ring is 1. The zero-order valence-electron chi connectivity index (χ0n) is 20.8. The highest BCUT2D eigenvalue weighted by atomic mass is 16.2. The van der Waals surface area contributed by atoms with Gasteiger partial charge in [0.05, 0.1) is 17.9 Å². The second kappa shape index (κ2) is 8.95. The van der Waals surface area contributed by atoms with Crippen LogP contribution in [0.15, 0.2) is 60.9 Å². The van der Waals surface area contributed by atoms with Crippen LogP contribution < -0.4 is 11.1 Å². The molecule has 188 valence electrons. The number of carbonyl (C=O) groups is 1. The van der Waals surface area contributed by atoms with Crippen molar-refractivity contribution in [3.63, 3.8) is 0 Å². The summed E-state index contributed by atoms with van der Waals surface area (Å²) in [6, 6.07) is 16.8. The normalized spacial score (nSPS) is 25.1. The molecular weight excluding hydrogens is 462 g/mol. The first-order valence-corrected chi connectivity index (χ1v) is 13.4. The molecule has 0 saturated carbocycles. The highest BCUT2D eigenvalue weighted by molar-refractivity contribution is 5.83. The van der Waals surface area contributed by atoms with E-state index in [2.05, 4.69) is 33.5 Å². The molecule has 4 atom stereocenters. The number of benzene rings is 1. The standard InChI is InChI=1S/C29H31N7O/c30-27-15-26(20-13-21-9-10-22(14-20)35(21)29(37)25-7-4-12-31-25)34-28-23(17-33-36(27)28)19-8-11-24(32-16-19)18-5-2-1-3-6-18/h1-3,5-6,8,11,15-17,20-22,25,31H,4,7,9-10,12-14,30H2/t20-,21-,22+,25-/m0/s1. The van der Waals surface area contributed by atoms with Crippen LogP contribution in [0.2, 0.25) is 0 Å². The van der Waals surface area contributed by atoms with Crippen molar-refractivity contribution in [2.24, 2.45) is 0 Å². The first-order chi connectivity index (χ1) is 18.2. The number of nitrogens with zero attached hydrogens (tertiary/aromatic N) is 5. The molecule has 3 aliphatic heterocycles. The number of hydrogen-bond donors (Lipinski definition) is 2. The van der Waals surface area contributed by atoms with Crippen molar-refractivity contribution in [2.75, 3.05) is 12.3 Å². The van der Waals surface area contributed by atoms with Gasteiger partial charge in [-0.2, -0.15) is 9.61 Å². The second-order valence-corrected chi connectivity index (χ2v) is 10.6. The number of piperidine rings is 1. The van der Waals surface area contributed by atoms with Crippen LogP contribution in [0.4, 0.5) is 5.82 Å². The van der Waals surface area contributed by atoms with Crippen LogP contribution in [-0.2, 0) is 4.79 Å². The Kier molecular flexibility index (Phi) is 5.43. The van der Waals surface area contributed by atoms with Crippen LogP contribution in [0.25, 0.3) is 28.0 Å². The Bertz CT molecular complexity index is 1430. The topological polar surface area (TPSA) is 101 Å². The minimum atomic E-state index is 0.000935. The largest absolute Gasteiger partial charge is 0.384 e. The summed E-state index contributed by atoms with van der Waals surface area (Å²) in [6.07, 6.45) is 9.78. The van der Waals surface area contributed by atoms with Gasteiger partial charge in [-0.05, 0) is 51.1 Å². The maximum absolute atomic E-state index is 13.2. The van der Waals surface area contributed by atoms with E-state index in [0.29, 0.717) is 11.7 Å². The third-order valence-corrected chi connectivity index (χ3v) is 8.43. The molecule has 8 nitrogen and oxygen atoms in total. The van der Waals surface area contributed by atoms with Gasteiger partial charge in [0, 0.05) is 52.6 Å². The molecule has 8 heteroatoms. The molecule has 1 aromatic carbocycles. The lowest BCUT2D eigenvalue weighted by Crippen LogP contribution is -2.52.